The number of anilines is 1. The fraction of sp³-hybridized carbons (Fsp3) is 0.368. The predicted molar refractivity (Wildman–Crippen MR) is 97.3 cm³/mol. The maximum atomic E-state index is 4.74. The van der Waals surface area contributed by atoms with Crippen LogP contribution in [0.1, 0.15) is 17.7 Å². The second-order valence-electron chi connectivity index (χ2n) is 6.62. The smallest absolute Gasteiger partial charge is 0.0732 e. The lowest BCUT2D eigenvalue weighted by molar-refractivity contribution is 0.414. The molecule has 0 spiro atoms. The highest BCUT2D eigenvalue weighted by Crippen LogP contribution is 2.28. The molecule has 1 atom stereocenters. The predicted octanol–water partition coefficient (Wildman–Crippen LogP) is 3.13. The van der Waals surface area contributed by atoms with Gasteiger partial charge < -0.3 is 10.2 Å². The topological polar surface area (TPSA) is 40.5 Å². The number of hydrogen-bond donors (Lipinski definition) is 1. The Morgan fingerprint density at radius 2 is 2.17 bits per heavy atom. The minimum absolute atomic E-state index is 0.524. The maximum absolute atomic E-state index is 4.74. The summed E-state index contributed by atoms with van der Waals surface area (Å²) in [5, 5.41) is 4.93. The van der Waals surface area contributed by atoms with Crippen LogP contribution in [0, 0.1) is 6.92 Å². The van der Waals surface area contributed by atoms with Crippen LogP contribution in [0.5, 0.6) is 0 Å². The maximum Gasteiger partial charge on any atom is 0.0732 e. The molecule has 4 rings (SSSR count). The first-order chi connectivity index (χ1) is 11.2. The molecule has 1 N–H and O–H groups in total. The van der Waals surface area contributed by atoms with Crippen LogP contribution in [0.2, 0.25) is 0 Å². The summed E-state index contributed by atoms with van der Waals surface area (Å²) >= 11 is 0. The molecule has 2 aromatic rings. The van der Waals surface area contributed by atoms with Crippen LogP contribution >= 0.6 is 0 Å². The average Bonchev–Trinajstić information content (AvgIpc) is 3.18. The SMILES string of the molecule is Cc1cc(N[C@@H]2CCN(C)C2)c2ccc(C3=CC=NC3)cc2n1. The van der Waals surface area contributed by atoms with Crippen LogP contribution in [-0.4, -0.2) is 48.8 Å². The summed E-state index contributed by atoms with van der Waals surface area (Å²) in [4.78, 5) is 11.4. The third kappa shape index (κ3) is 2.86. The number of aliphatic imine (C=N–C) groups is 1. The lowest BCUT2D eigenvalue weighted by Gasteiger charge is -2.17. The summed E-state index contributed by atoms with van der Waals surface area (Å²) in [6.45, 7) is 5.11. The zero-order chi connectivity index (χ0) is 15.8. The van der Waals surface area contributed by atoms with Crippen molar-refractivity contribution in [3.63, 3.8) is 0 Å². The molecule has 0 unspecified atom stereocenters. The average molecular weight is 306 g/mol. The van der Waals surface area contributed by atoms with Crippen molar-refractivity contribution in [1.82, 2.24) is 9.88 Å². The molecule has 1 fully saturated rings. The van der Waals surface area contributed by atoms with Crippen molar-refractivity contribution in [2.45, 2.75) is 19.4 Å². The number of pyridine rings is 1. The van der Waals surface area contributed by atoms with E-state index in [0.29, 0.717) is 6.04 Å². The van der Waals surface area contributed by atoms with Crippen LogP contribution in [0.4, 0.5) is 5.69 Å². The molecule has 0 aliphatic carbocycles. The van der Waals surface area contributed by atoms with Gasteiger partial charge >= 0.3 is 0 Å². The molecule has 4 heteroatoms. The molecule has 3 heterocycles. The molecule has 2 aliphatic heterocycles. The van der Waals surface area contributed by atoms with Gasteiger partial charge in [0.05, 0.1) is 12.1 Å². The molecule has 118 valence electrons. The molecule has 23 heavy (non-hydrogen) atoms. The third-order valence-corrected chi connectivity index (χ3v) is 4.70. The first-order valence-corrected chi connectivity index (χ1v) is 8.25. The number of benzene rings is 1. The summed E-state index contributed by atoms with van der Waals surface area (Å²) in [6, 6.07) is 9.26. The molecule has 4 nitrogen and oxygen atoms in total. The van der Waals surface area contributed by atoms with Gasteiger partial charge in [0.2, 0.25) is 0 Å². The van der Waals surface area contributed by atoms with Crippen LogP contribution in [0.3, 0.4) is 0 Å². The fourth-order valence-corrected chi connectivity index (χ4v) is 3.49. The number of allylic oxidation sites excluding steroid dienone is 1. The van der Waals surface area contributed by atoms with E-state index in [9.17, 15) is 0 Å². The van der Waals surface area contributed by atoms with E-state index in [-0.39, 0.29) is 0 Å². The second-order valence-corrected chi connectivity index (χ2v) is 6.62. The van der Waals surface area contributed by atoms with Crippen molar-refractivity contribution < 1.29 is 0 Å². The molecule has 0 saturated carbocycles. The van der Waals surface area contributed by atoms with Crippen molar-refractivity contribution in [3.05, 3.63) is 41.6 Å². The first-order valence-electron chi connectivity index (χ1n) is 8.25. The van der Waals surface area contributed by atoms with Gasteiger partial charge in [-0.15, -0.1) is 0 Å². The van der Waals surface area contributed by atoms with Crippen molar-refractivity contribution in [1.29, 1.82) is 0 Å². The van der Waals surface area contributed by atoms with E-state index in [1.165, 1.54) is 28.6 Å². The number of hydrogen-bond acceptors (Lipinski definition) is 4. The van der Waals surface area contributed by atoms with Gasteiger partial charge in [-0.2, -0.15) is 0 Å². The molecule has 0 bridgehead atoms. The molecule has 0 amide bonds. The highest BCUT2D eigenvalue weighted by Gasteiger charge is 2.20. The van der Waals surface area contributed by atoms with E-state index in [0.717, 1.165) is 30.8 Å². The Kier molecular flexibility index (Phi) is 3.62. The Morgan fingerprint density at radius 1 is 1.26 bits per heavy atom. The van der Waals surface area contributed by atoms with Gasteiger partial charge in [-0.25, -0.2) is 0 Å². The monoisotopic (exact) mass is 306 g/mol. The number of rotatable bonds is 3. The van der Waals surface area contributed by atoms with Gasteiger partial charge in [-0.3, -0.25) is 9.98 Å². The lowest BCUT2D eigenvalue weighted by atomic mass is 10.0. The number of nitrogens with one attached hydrogen (secondary N) is 1. The van der Waals surface area contributed by atoms with E-state index in [4.69, 9.17) is 4.98 Å². The van der Waals surface area contributed by atoms with Gasteiger partial charge in [0, 0.05) is 35.6 Å². The van der Waals surface area contributed by atoms with Crippen LogP contribution < -0.4 is 5.32 Å². The molecule has 0 radical (unpaired) electrons. The fourth-order valence-electron chi connectivity index (χ4n) is 3.49. The zero-order valence-electron chi connectivity index (χ0n) is 13.7. The van der Waals surface area contributed by atoms with E-state index in [1.807, 2.05) is 6.21 Å². The first kappa shape index (κ1) is 14.4. The van der Waals surface area contributed by atoms with E-state index >= 15 is 0 Å². The van der Waals surface area contributed by atoms with Gasteiger partial charge in [0.25, 0.3) is 0 Å². The molecule has 1 aromatic carbocycles. The molecule has 1 saturated heterocycles. The van der Waals surface area contributed by atoms with Crippen molar-refractivity contribution in [2.75, 3.05) is 32.0 Å². The largest absolute Gasteiger partial charge is 0.380 e. The Labute approximate surface area is 136 Å². The summed E-state index contributed by atoms with van der Waals surface area (Å²) in [6.07, 6.45) is 5.17. The number of aryl methyl sites for hydroxylation is 1. The van der Waals surface area contributed by atoms with Gasteiger partial charge in [0.1, 0.15) is 0 Å². The summed E-state index contributed by atoms with van der Waals surface area (Å²) in [5.74, 6) is 0. The minimum Gasteiger partial charge on any atom is -0.380 e. The summed E-state index contributed by atoms with van der Waals surface area (Å²) in [7, 11) is 2.18. The molecular weight excluding hydrogens is 284 g/mol. The highest BCUT2D eigenvalue weighted by atomic mass is 15.2. The van der Waals surface area contributed by atoms with Gasteiger partial charge in [-0.05, 0) is 56.3 Å². The quantitative estimate of drug-likeness (QED) is 0.947. The van der Waals surface area contributed by atoms with Crippen LogP contribution in [0.25, 0.3) is 16.5 Å². The normalized spacial score (nSPS) is 21.1. The van der Waals surface area contributed by atoms with E-state index in [1.54, 1.807) is 0 Å². The lowest BCUT2D eigenvalue weighted by Crippen LogP contribution is -2.23. The number of nitrogens with zero attached hydrogens (tertiary/aromatic N) is 3. The number of aromatic nitrogens is 1. The third-order valence-electron chi connectivity index (χ3n) is 4.70. The van der Waals surface area contributed by atoms with Gasteiger partial charge in [-0.1, -0.05) is 12.1 Å². The highest BCUT2D eigenvalue weighted by molar-refractivity contribution is 5.96. The van der Waals surface area contributed by atoms with E-state index < -0.39 is 0 Å². The summed E-state index contributed by atoms with van der Waals surface area (Å²) in [5.41, 5.74) is 5.81. The van der Waals surface area contributed by atoms with Crippen molar-refractivity contribution >= 4 is 28.4 Å². The van der Waals surface area contributed by atoms with Crippen LogP contribution in [0.15, 0.2) is 35.3 Å². The van der Waals surface area contributed by atoms with Crippen molar-refractivity contribution in [3.8, 4) is 0 Å². The van der Waals surface area contributed by atoms with Crippen molar-refractivity contribution in [2.24, 2.45) is 4.99 Å². The molecule has 1 aromatic heterocycles. The Hall–Kier alpha value is -2.20. The van der Waals surface area contributed by atoms with Gasteiger partial charge in [0.15, 0.2) is 0 Å². The minimum atomic E-state index is 0.524. The number of likely N-dealkylation sites (N-methyl/N-ethyl adjacent to an activating group) is 1. The number of fused-ring (bicyclic) bond motifs is 1. The number of likely N-dealkylation sites (tertiary alicyclic amines) is 1. The standard InChI is InChI=1S/C19H22N4/c1-13-9-18(22-16-6-8-23(2)12-16)17-4-3-14(10-19(17)21-13)15-5-7-20-11-15/h3-5,7,9-10,16H,6,8,11-12H2,1-2H3,(H,21,22)/t16-/m1/s1. The second kappa shape index (κ2) is 5.78. The summed E-state index contributed by atoms with van der Waals surface area (Å²) < 4.78 is 0. The van der Waals surface area contributed by atoms with Crippen LogP contribution in [-0.2, 0) is 0 Å². The Bertz CT molecular complexity index is 806. The molecular formula is C19H22N4. The molecule has 2 aliphatic rings. The Balaban J connectivity index is 1.70. The van der Waals surface area contributed by atoms with E-state index in [2.05, 4.69) is 59.5 Å². The Morgan fingerprint density at radius 3 is 2.91 bits per heavy atom. The zero-order valence-corrected chi connectivity index (χ0v) is 13.7.